The van der Waals surface area contributed by atoms with Crippen molar-refractivity contribution in [1.29, 1.82) is 0 Å². The quantitative estimate of drug-likeness (QED) is 0.897. The van der Waals surface area contributed by atoms with Gasteiger partial charge in [-0.1, -0.05) is 12.1 Å². The van der Waals surface area contributed by atoms with Crippen LogP contribution in [-0.2, 0) is 11.3 Å². The van der Waals surface area contributed by atoms with Crippen molar-refractivity contribution in [3.05, 3.63) is 29.8 Å². The van der Waals surface area contributed by atoms with Crippen molar-refractivity contribution in [2.45, 2.75) is 50.8 Å². The molecule has 0 amide bonds. The fourth-order valence-electron chi connectivity index (χ4n) is 3.02. The molecule has 2 aliphatic rings. The van der Waals surface area contributed by atoms with Gasteiger partial charge in [-0.2, -0.15) is 0 Å². The predicted octanol–water partition coefficient (Wildman–Crippen LogP) is 2.67. The smallest absolute Gasteiger partial charge is 0.320 e. The van der Waals surface area contributed by atoms with E-state index >= 15 is 0 Å². The van der Waals surface area contributed by atoms with Crippen LogP contribution in [0.1, 0.15) is 37.7 Å². The van der Waals surface area contributed by atoms with Gasteiger partial charge in [-0.25, -0.2) is 0 Å². The molecule has 4 nitrogen and oxygen atoms in total. The van der Waals surface area contributed by atoms with E-state index in [0.717, 1.165) is 37.1 Å². The van der Waals surface area contributed by atoms with Crippen LogP contribution in [0.4, 0.5) is 0 Å². The van der Waals surface area contributed by atoms with Crippen LogP contribution >= 0.6 is 0 Å². The van der Waals surface area contributed by atoms with Gasteiger partial charge in [0.25, 0.3) is 0 Å². The second-order valence-electron chi connectivity index (χ2n) is 5.78. The van der Waals surface area contributed by atoms with E-state index in [-0.39, 0.29) is 6.04 Å². The Morgan fingerprint density at radius 3 is 2.45 bits per heavy atom. The Morgan fingerprint density at radius 2 is 1.90 bits per heavy atom. The minimum Gasteiger partial charge on any atom is -0.490 e. The second-order valence-corrected chi connectivity index (χ2v) is 5.78. The fraction of sp³-hybridized carbons (Fsp3) is 0.562. The molecule has 1 saturated heterocycles. The topological polar surface area (TPSA) is 49.8 Å². The van der Waals surface area contributed by atoms with E-state index in [2.05, 4.69) is 0 Å². The fourth-order valence-corrected chi connectivity index (χ4v) is 3.02. The van der Waals surface area contributed by atoms with Gasteiger partial charge in [0, 0.05) is 13.1 Å². The second kappa shape index (κ2) is 5.83. The van der Waals surface area contributed by atoms with E-state index in [0.29, 0.717) is 12.6 Å². The molecule has 0 aromatic heterocycles. The summed E-state index contributed by atoms with van der Waals surface area (Å²) in [5.41, 5.74) is 1.15. The van der Waals surface area contributed by atoms with E-state index in [1.54, 1.807) is 0 Å². The van der Waals surface area contributed by atoms with E-state index in [9.17, 15) is 4.79 Å². The van der Waals surface area contributed by atoms with Crippen LogP contribution in [0.2, 0.25) is 0 Å². The molecule has 1 N–H and O–H groups in total. The first-order valence-electron chi connectivity index (χ1n) is 7.45. The van der Waals surface area contributed by atoms with Crippen LogP contribution in [0.5, 0.6) is 5.75 Å². The predicted molar refractivity (Wildman–Crippen MR) is 75.8 cm³/mol. The van der Waals surface area contributed by atoms with Crippen LogP contribution in [0.25, 0.3) is 0 Å². The zero-order chi connectivity index (χ0) is 13.9. The van der Waals surface area contributed by atoms with Gasteiger partial charge >= 0.3 is 5.97 Å². The maximum atomic E-state index is 11.0. The number of carboxylic acids is 1. The van der Waals surface area contributed by atoms with Crippen LogP contribution in [0.3, 0.4) is 0 Å². The van der Waals surface area contributed by atoms with Gasteiger partial charge in [0.2, 0.25) is 0 Å². The normalized spacial score (nSPS) is 23.5. The first-order chi connectivity index (χ1) is 9.72. The highest BCUT2D eigenvalue weighted by Gasteiger charge is 2.33. The summed E-state index contributed by atoms with van der Waals surface area (Å²) in [5, 5.41) is 9.02. The van der Waals surface area contributed by atoms with E-state index in [4.69, 9.17) is 9.84 Å². The Hall–Kier alpha value is -1.55. The Bertz CT molecular complexity index is 465. The molecule has 3 rings (SSSR count). The third-order valence-corrected chi connectivity index (χ3v) is 4.33. The Balaban J connectivity index is 1.54. The molecular formula is C16H21NO3. The Morgan fingerprint density at radius 1 is 1.20 bits per heavy atom. The summed E-state index contributed by atoms with van der Waals surface area (Å²) < 4.78 is 5.93. The standard InChI is InChI=1S/C16H21NO3/c18-16(19)15-9-10-17(15)11-12-5-7-14(8-6-12)20-13-3-1-2-4-13/h5-8,13,15H,1-4,9-11H2,(H,18,19). The highest BCUT2D eigenvalue weighted by molar-refractivity contribution is 5.74. The number of carbonyl (C=O) groups is 1. The number of carboxylic acid groups (broad SMARTS) is 1. The zero-order valence-corrected chi connectivity index (χ0v) is 11.6. The highest BCUT2D eigenvalue weighted by Crippen LogP contribution is 2.25. The number of hydrogen-bond acceptors (Lipinski definition) is 3. The third kappa shape index (κ3) is 2.96. The average Bonchev–Trinajstić information content (AvgIpc) is 2.88. The van der Waals surface area contributed by atoms with Gasteiger partial charge in [0.15, 0.2) is 0 Å². The lowest BCUT2D eigenvalue weighted by molar-refractivity contribution is -0.148. The molecule has 1 aromatic carbocycles. The molecule has 1 atom stereocenters. The lowest BCUT2D eigenvalue weighted by Crippen LogP contribution is -2.51. The molecular weight excluding hydrogens is 254 g/mol. The van der Waals surface area contributed by atoms with E-state index in [1.165, 1.54) is 12.8 Å². The third-order valence-electron chi connectivity index (χ3n) is 4.33. The van der Waals surface area contributed by atoms with Crippen molar-refractivity contribution >= 4 is 5.97 Å². The molecule has 20 heavy (non-hydrogen) atoms. The van der Waals surface area contributed by atoms with Crippen molar-refractivity contribution in [3.8, 4) is 5.75 Å². The molecule has 1 aliphatic heterocycles. The van der Waals surface area contributed by atoms with Crippen LogP contribution in [-0.4, -0.2) is 34.7 Å². The molecule has 108 valence electrons. The lowest BCUT2D eigenvalue weighted by atomic mass is 10.0. The van der Waals surface area contributed by atoms with E-state index < -0.39 is 5.97 Å². The highest BCUT2D eigenvalue weighted by atomic mass is 16.5. The molecule has 1 heterocycles. The largest absolute Gasteiger partial charge is 0.490 e. The number of aliphatic carboxylic acids is 1. The van der Waals surface area contributed by atoms with Crippen molar-refractivity contribution < 1.29 is 14.6 Å². The van der Waals surface area contributed by atoms with Gasteiger partial charge in [-0.05, 0) is 49.8 Å². The van der Waals surface area contributed by atoms with Crippen LogP contribution in [0.15, 0.2) is 24.3 Å². The molecule has 0 bridgehead atoms. The summed E-state index contributed by atoms with van der Waals surface area (Å²) in [6.07, 6.45) is 6.01. The van der Waals surface area contributed by atoms with Crippen molar-refractivity contribution in [2.75, 3.05) is 6.54 Å². The van der Waals surface area contributed by atoms with Gasteiger partial charge < -0.3 is 9.84 Å². The minimum atomic E-state index is -0.711. The van der Waals surface area contributed by atoms with Gasteiger partial charge in [0.1, 0.15) is 11.8 Å². The number of likely N-dealkylation sites (tertiary alicyclic amines) is 1. The number of hydrogen-bond donors (Lipinski definition) is 1. The summed E-state index contributed by atoms with van der Waals surface area (Å²) >= 11 is 0. The summed E-state index contributed by atoms with van der Waals surface area (Å²) in [5.74, 6) is 0.219. The average molecular weight is 275 g/mol. The van der Waals surface area contributed by atoms with E-state index in [1.807, 2.05) is 29.2 Å². The summed E-state index contributed by atoms with van der Waals surface area (Å²) in [4.78, 5) is 13.0. The molecule has 1 aliphatic carbocycles. The molecule has 1 unspecified atom stereocenters. The SMILES string of the molecule is O=C(O)C1CCN1Cc1ccc(OC2CCCC2)cc1. The minimum absolute atomic E-state index is 0.301. The lowest BCUT2D eigenvalue weighted by Gasteiger charge is -2.37. The number of nitrogens with zero attached hydrogens (tertiary/aromatic N) is 1. The monoisotopic (exact) mass is 275 g/mol. The van der Waals surface area contributed by atoms with Crippen molar-refractivity contribution in [2.24, 2.45) is 0 Å². The summed E-state index contributed by atoms with van der Waals surface area (Å²) in [7, 11) is 0. The summed E-state index contributed by atoms with van der Waals surface area (Å²) in [6.45, 7) is 1.58. The van der Waals surface area contributed by atoms with Gasteiger partial charge in [0.05, 0.1) is 6.10 Å². The van der Waals surface area contributed by atoms with Crippen molar-refractivity contribution in [3.63, 3.8) is 0 Å². The van der Waals surface area contributed by atoms with Crippen LogP contribution < -0.4 is 4.74 Å². The maximum absolute atomic E-state index is 11.0. The zero-order valence-electron chi connectivity index (χ0n) is 11.6. The first kappa shape index (κ1) is 13.4. The molecule has 4 heteroatoms. The van der Waals surface area contributed by atoms with Gasteiger partial charge in [-0.15, -0.1) is 0 Å². The molecule has 0 radical (unpaired) electrons. The Kier molecular flexibility index (Phi) is 3.92. The molecule has 1 aromatic rings. The molecule has 1 saturated carbocycles. The molecule has 0 spiro atoms. The summed E-state index contributed by atoms with van der Waals surface area (Å²) in [6, 6.07) is 7.79. The number of ether oxygens (including phenoxy) is 1. The first-order valence-corrected chi connectivity index (χ1v) is 7.45. The maximum Gasteiger partial charge on any atom is 0.320 e. The van der Waals surface area contributed by atoms with Gasteiger partial charge in [-0.3, -0.25) is 9.69 Å². The Labute approximate surface area is 119 Å². The number of rotatable bonds is 5. The number of benzene rings is 1. The van der Waals surface area contributed by atoms with Crippen molar-refractivity contribution in [1.82, 2.24) is 4.90 Å². The van der Waals surface area contributed by atoms with Crippen LogP contribution in [0, 0.1) is 0 Å². The molecule has 2 fully saturated rings.